The van der Waals surface area contributed by atoms with Crippen molar-refractivity contribution in [2.75, 3.05) is 7.11 Å². The summed E-state index contributed by atoms with van der Waals surface area (Å²) in [5.41, 5.74) is 0.665. The van der Waals surface area contributed by atoms with Gasteiger partial charge in [0.05, 0.1) is 12.0 Å². The molecule has 0 saturated heterocycles. The molecule has 0 aliphatic heterocycles. The first-order valence-corrected chi connectivity index (χ1v) is 9.18. The minimum absolute atomic E-state index is 0.0738. The summed E-state index contributed by atoms with van der Waals surface area (Å²) in [6, 6.07) is 12.8. The fourth-order valence-corrected chi connectivity index (χ4v) is 4.11. The van der Waals surface area contributed by atoms with E-state index in [2.05, 4.69) is 0 Å². The summed E-state index contributed by atoms with van der Waals surface area (Å²) in [5, 5.41) is 9.28. The molecule has 0 aromatic heterocycles. The Kier molecular flexibility index (Phi) is 5.81. The van der Waals surface area contributed by atoms with Crippen LogP contribution in [0.1, 0.15) is 29.8 Å². The summed E-state index contributed by atoms with van der Waals surface area (Å²) in [7, 11) is -2.53. The van der Waals surface area contributed by atoms with Crippen molar-refractivity contribution in [2.45, 2.75) is 31.3 Å². The minimum Gasteiger partial charge on any atom is -0.496 e. The molecule has 2 rings (SSSR count). The van der Waals surface area contributed by atoms with Crippen molar-refractivity contribution in [3.63, 3.8) is 0 Å². The topological polar surface area (TPSA) is 83.9 Å². The number of hydrogen-bond donors (Lipinski definition) is 1. The van der Waals surface area contributed by atoms with Gasteiger partial charge in [0, 0.05) is 12.6 Å². The summed E-state index contributed by atoms with van der Waals surface area (Å²) in [6.45, 7) is 3.76. The Morgan fingerprint density at radius 2 is 1.80 bits per heavy atom. The molecule has 0 fully saturated rings. The van der Waals surface area contributed by atoms with Crippen LogP contribution < -0.4 is 4.74 Å². The predicted molar refractivity (Wildman–Crippen MR) is 94.3 cm³/mol. The highest BCUT2D eigenvalue weighted by atomic mass is 32.2. The number of nitrogens with zero attached hydrogens (tertiary/aromatic N) is 1. The van der Waals surface area contributed by atoms with E-state index in [-0.39, 0.29) is 28.8 Å². The average Bonchev–Trinajstić information content (AvgIpc) is 2.59. The van der Waals surface area contributed by atoms with Crippen molar-refractivity contribution < 1.29 is 23.1 Å². The van der Waals surface area contributed by atoms with Crippen LogP contribution in [0.4, 0.5) is 0 Å². The Hall–Kier alpha value is -2.38. The Morgan fingerprint density at radius 3 is 2.32 bits per heavy atom. The monoisotopic (exact) mass is 363 g/mol. The number of methoxy groups -OCH3 is 1. The number of carbonyl (C=O) groups is 1. The van der Waals surface area contributed by atoms with Crippen molar-refractivity contribution in [3.05, 3.63) is 59.7 Å². The van der Waals surface area contributed by atoms with Gasteiger partial charge in [-0.25, -0.2) is 13.2 Å². The molecule has 1 N–H and O–H groups in total. The predicted octanol–water partition coefficient (Wildman–Crippen LogP) is 2.99. The Morgan fingerprint density at radius 1 is 1.16 bits per heavy atom. The van der Waals surface area contributed by atoms with Gasteiger partial charge < -0.3 is 9.84 Å². The molecule has 6 nitrogen and oxygen atoms in total. The third-order valence-electron chi connectivity index (χ3n) is 3.77. The van der Waals surface area contributed by atoms with Crippen molar-refractivity contribution in [2.24, 2.45) is 0 Å². The van der Waals surface area contributed by atoms with E-state index in [4.69, 9.17) is 4.74 Å². The van der Waals surface area contributed by atoms with Gasteiger partial charge in [-0.3, -0.25) is 0 Å². The molecule has 0 bridgehead atoms. The highest BCUT2D eigenvalue weighted by Gasteiger charge is 2.28. The smallest absolute Gasteiger partial charge is 0.339 e. The molecule has 0 saturated carbocycles. The Labute approximate surface area is 147 Å². The van der Waals surface area contributed by atoms with Gasteiger partial charge in [0.25, 0.3) is 0 Å². The third kappa shape index (κ3) is 4.18. The lowest BCUT2D eigenvalue weighted by atomic mass is 10.2. The molecule has 0 aliphatic rings. The maximum Gasteiger partial charge on any atom is 0.339 e. The zero-order valence-corrected chi connectivity index (χ0v) is 15.2. The van der Waals surface area contributed by atoms with Crippen LogP contribution in [0.25, 0.3) is 0 Å². The minimum atomic E-state index is -3.87. The van der Waals surface area contributed by atoms with Crippen LogP contribution in [0.5, 0.6) is 5.75 Å². The van der Waals surface area contributed by atoms with Gasteiger partial charge in [-0.15, -0.1) is 0 Å². The molecule has 0 amide bonds. The van der Waals surface area contributed by atoms with Gasteiger partial charge in [0.2, 0.25) is 10.0 Å². The number of aromatic carboxylic acids is 1. The lowest BCUT2D eigenvalue weighted by Crippen LogP contribution is -2.36. The molecule has 7 heteroatoms. The van der Waals surface area contributed by atoms with Crippen LogP contribution in [0, 0.1) is 0 Å². The normalized spacial score (nSPS) is 11.7. The first-order chi connectivity index (χ1) is 11.8. The van der Waals surface area contributed by atoms with Crippen LogP contribution in [-0.4, -0.2) is 37.0 Å². The second-order valence-corrected chi connectivity index (χ2v) is 7.69. The summed E-state index contributed by atoms with van der Waals surface area (Å²) >= 11 is 0. The van der Waals surface area contributed by atoms with Crippen molar-refractivity contribution >= 4 is 16.0 Å². The summed E-state index contributed by atoms with van der Waals surface area (Å²) in [4.78, 5) is 11.3. The zero-order chi connectivity index (χ0) is 18.6. The van der Waals surface area contributed by atoms with E-state index in [1.165, 1.54) is 23.5 Å². The molecule has 0 heterocycles. The fourth-order valence-electron chi connectivity index (χ4n) is 2.46. The van der Waals surface area contributed by atoms with Crippen LogP contribution in [0.3, 0.4) is 0 Å². The van der Waals surface area contributed by atoms with Crippen molar-refractivity contribution in [1.29, 1.82) is 0 Å². The number of carboxylic acid groups (broad SMARTS) is 1. The van der Waals surface area contributed by atoms with Gasteiger partial charge in [0.15, 0.2) is 0 Å². The first kappa shape index (κ1) is 19.0. The number of sulfonamides is 1. The molecule has 0 radical (unpaired) electrons. The molecule has 0 spiro atoms. The van der Waals surface area contributed by atoms with Crippen LogP contribution in [-0.2, 0) is 16.6 Å². The number of benzene rings is 2. The third-order valence-corrected chi connectivity index (χ3v) is 5.78. The summed E-state index contributed by atoms with van der Waals surface area (Å²) < 4.78 is 32.4. The second-order valence-electron chi connectivity index (χ2n) is 5.80. The highest BCUT2D eigenvalue weighted by Crippen LogP contribution is 2.26. The van der Waals surface area contributed by atoms with Crippen molar-refractivity contribution in [3.8, 4) is 5.75 Å². The van der Waals surface area contributed by atoms with Crippen molar-refractivity contribution in [1.82, 2.24) is 4.31 Å². The first-order valence-electron chi connectivity index (χ1n) is 7.74. The number of rotatable bonds is 7. The molecule has 2 aromatic carbocycles. The van der Waals surface area contributed by atoms with E-state index < -0.39 is 16.0 Å². The fraction of sp³-hybridized carbons (Fsp3) is 0.278. The molecular formula is C18H21NO5S. The van der Waals surface area contributed by atoms with E-state index in [0.29, 0.717) is 0 Å². The quantitative estimate of drug-likeness (QED) is 0.817. The van der Waals surface area contributed by atoms with E-state index >= 15 is 0 Å². The van der Waals surface area contributed by atoms with Gasteiger partial charge >= 0.3 is 5.97 Å². The number of ether oxygens (including phenoxy) is 1. The van der Waals surface area contributed by atoms with Gasteiger partial charge in [-0.2, -0.15) is 4.31 Å². The van der Waals surface area contributed by atoms with Gasteiger partial charge in [-0.1, -0.05) is 30.3 Å². The summed E-state index contributed by atoms with van der Waals surface area (Å²) in [6.07, 6.45) is 0. The largest absolute Gasteiger partial charge is 0.496 e. The van der Waals surface area contributed by atoms with E-state index in [1.807, 2.05) is 30.3 Å². The lowest BCUT2D eigenvalue weighted by molar-refractivity contribution is 0.0693. The van der Waals surface area contributed by atoms with E-state index in [0.717, 1.165) is 11.6 Å². The Balaban J connectivity index is 2.47. The highest BCUT2D eigenvalue weighted by molar-refractivity contribution is 7.89. The molecule has 134 valence electrons. The zero-order valence-electron chi connectivity index (χ0n) is 14.3. The van der Waals surface area contributed by atoms with Crippen LogP contribution in [0.2, 0.25) is 0 Å². The average molecular weight is 363 g/mol. The van der Waals surface area contributed by atoms with Crippen LogP contribution >= 0.6 is 0 Å². The molecule has 0 atom stereocenters. The number of carboxylic acids is 1. The SMILES string of the molecule is COc1ccc(S(=O)(=O)N(Cc2ccccc2)C(C)C)cc1C(=O)O. The lowest BCUT2D eigenvalue weighted by Gasteiger charge is -2.26. The number of hydrogen-bond acceptors (Lipinski definition) is 4. The molecular weight excluding hydrogens is 342 g/mol. The molecule has 2 aromatic rings. The molecule has 0 aliphatic carbocycles. The van der Waals surface area contributed by atoms with Crippen LogP contribution in [0.15, 0.2) is 53.4 Å². The maximum absolute atomic E-state index is 13.0. The second kappa shape index (κ2) is 7.67. The molecule has 25 heavy (non-hydrogen) atoms. The molecule has 0 unspecified atom stereocenters. The van der Waals surface area contributed by atoms with Gasteiger partial charge in [-0.05, 0) is 37.6 Å². The Bertz CT molecular complexity index is 847. The maximum atomic E-state index is 13.0. The van der Waals surface area contributed by atoms with E-state index in [9.17, 15) is 18.3 Å². The standard InChI is InChI=1S/C18H21NO5S/c1-13(2)19(12-14-7-5-4-6-8-14)25(22,23)15-9-10-17(24-3)16(11-15)18(20)21/h4-11,13H,12H2,1-3H3,(H,20,21). The summed E-state index contributed by atoms with van der Waals surface area (Å²) in [5.74, 6) is -1.13. The van der Waals surface area contributed by atoms with E-state index in [1.54, 1.807) is 13.8 Å². The van der Waals surface area contributed by atoms with Gasteiger partial charge in [0.1, 0.15) is 11.3 Å².